The zero-order chi connectivity index (χ0) is 18.6. The first kappa shape index (κ1) is 18.5. The molecular formula is C22H24N2OS2. The Morgan fingerprint density at radius 2 is 1.93 bits per heavy atom. The third kappa shape index (κ3) is 4.71. The van der Waals surface area contributed by atoms with E-state index in [4.69, 9.17) is 0 Å². The van der Waals surface area contributed by atoms with Crippen molar-refractivity contribution in [3.8, 4) is 0 Å². The van der Waals surface area contributed by atoms with E-state index in [0.717, 1.165) is 16.3 Å². The summed E-state index contributed by atoms with van der Waals surface area (Å²) in [6.07, 6.45) is 2.50. The van der Waals surface area contributed by atoms with Crippen LogP contribution in [0.2, 0.25) is 0 Å². The van der Waals surface area contributed by atoms with Crippen LogP contribution in [0.4, 0.5) is 0 Å². The van der Waals surface area contributed by atoms with Gasteiger partial charge in [-0.25, -0.2) is 4.98 Å². The summed E-state index contributed by atoms with van der Waals surface area (Å²) in [5.74, 6) is 2.22. The van der Waals surface area contributed by atoms with Crippen molar-refractivity contribution in [3.05, 3.63) is 65.2 Å². The molecule has 1 aromatic heterocycles. The van der Waals surface area contributed by atoms with E-state index in [0.29, 0.717) is 24.3 Å². The third-order valence-corrected chi connectivity index (χ3v) is 7.25. The van der Waals surface area contributed by atoms with Crippen molar-refractivity contribution in [2.75, 3.05) is 5.75 Å². The summed E-state index contributed by atoms with van der Waals surface area (Å²) >= 11 is 3.40. The maximum atomic E-state index is 13.0. The van der Waals surface area contributed by atoms with E-state index in [1.807, 2.05) is 36.4 Å². The van der Waals surface area contributed by atoms with Crippen LogP contribution in [0.15, 0.2) is 54.6 Å². The number of hydrogen-bond acceptors (Lipinski definition) is 4. The van der Waals surface area contributed by atoms with E-state index in [-0.39, 0.29) is 5.91 Å². The van der Waals surface area contributed by atoms with E-state index in [1.54, 1.807) is 23.1 Å². The fourth-order valence-corrected chi connectivity index (χ4v) is 5.29. The van der Waals surface area contributed by atoms with Crippen LogP contribution >= 0.6 is 23.1 Å². The number of thioether (sulfide) groups is 1. The number of carbonyl (C=O) groups is 1. The number of para-hydroxylation sites is 1. The standard InChI is InChI=1S/C22H24N2OS2/c1-16(18-11-12-18)24(13-17-7-3-2-4-8-17)22(25)15-26-14-21-23-19-9-5-6-10-20(19)27-21/h2-10,16,18H,11-15H2,1H3. The lowest BCUT2D eigenvalue weighted by Gasteiger charge is -2.29. The molecular weight excluding hydrogens is 372 g/mol. The van der Waals surface area contributed by atoms with Crippen molar-refractivity contribution < 1.29 is 4.79 Å². The van der Waals surface area contributed by atoms with Crippen LogP contribution in [-0.2, 0) is 17.1 Å². The number of benzene rings is 2. The zero-order valence-corrected chi connectivity index (χ0v) is 17.1. The number of thiazole rings is 1. The van der Waals surface area contributed by atoms with Gasteiger partial charge < -0.3 is 4.90 Å². The van der Waals surface area contributed by atoms with Gasteiger partial charge in [-0.1, -0.05) is 42.5 Å². The van der Waals surface area contributed by atoms with E-state index >= 15 is 0 Å². The van der Waals surface area contributed by atoms with Gasteiger partial charge in [0, 0.05) is 18.3 Å². The van der Waals surface area contributed by atoms with Crippen LogP contribution in [0, 0.1) is 5.92 Å². The molecule has 0 spiro atoms. The van der Waals surface area contributed by atoms with Gasteiger partial charge in [0.25, 0.3) is 0 Å². The molecule has 3 aromatic rings. The van der Waals surface area contributed by atoms with Crippen LogP contribution in [0.5, 0.6) is 0 Å². The van der Waals surface area contributed by atoms with Gasteiger partial charge in [0.2, 0.25) is 5.91 Å². The molecule has 0 N–H and O–H groups in total. The van der Waals surface area contributed by atoms with Gasteiger partial charge in [0.15, 0.2) is 0 Å². The maximum Gasteiger partial charge on any atom is 0.233 e. The van der Waals surface area contributed by atoms with Crippen molar-refractivity contribution >= 4 is 39.2 Å². The number of amides is 1. The quantitative estimate of drug-likeness (QED) is 0.514. The molecule has 2 aromatic carbocycles. The average molecular weight is 397 g/mol. The first-order chi connectivity index (χ1) is 13.2. The molecule has 1 heterocycles. The van der Waals surface area contributed by atoms with E-state index in [9.17, 15) is 4.79 Å². The minimum absolute atomic E-state index is 0.240. The summed E-state index contributed by atoms with van der Waals surface area (Å²) < 4.78 is 1.22. The van der Waals surface area contributed by atoms with Gasteiger partial charge in [-0.2, -0.15) is 0 Å². The van der Waals surface area contributed by atoms with E-state index in [2.05, 4.69) is 35.0 Å². The minimum atomic E-state index is 0.240. The molecule has 1 amide bonds. The Labute approximate surface area is 168 Å². The lowest BCUT2D eigenvalue weighted by Crippen LogP contribution is -2.40. The zero-order valence-electron chi connectivity index (χ0n) is 15.5. The first-order valence-corrected chi connectivity index (χ1v) is 11.4. The monoisotopic (exact) mass is 396 g/mol. The Balaban J connectivity index is 1.37. The summed E-state index contributed by atoms with van der Waals surface area (Å²) in [6.45, 7) is 2.91. The molecule has 1 fully saturated rings. The smallest absolute Gasteiger partial charge is 0.233 e. The molecule has 5 heteroatoms. The SMILES string of the molecule is CC(C1CC1)N(Cc1ccccc1)C(=O)CSCc1nc2ccccc2s1. The second-order valence-corrected chi connectivity index (χ2v) is 9.25. The molecule has 1 aliphatic carbocycles. The van der Waals surface area contributed by atoms with Gasteiger partial charge in [-0.15, -0.1) is 23.1 Å². The molecule has 0 saturated heterocycles. The van der Waals surface area contributed by atoms with Crippen molar-refractivity contribution in [1.29, 1.82) is 0 Å². The second-order valence-electron chi connectivity index (χ2n) is 7.15. The highest BCUT2D eigenvalue weighted by Gasteiger charge is 2.34. The number of carbonyl (C=O) groups excluding carboxylic acids is 1. The normalized spacial score (nSPS) is 15.0. The summed E-state index contributed by atoms with van der Waals surface area (Å²) in [6, 6.07) is 18.8. The van der Waals surface area contributed by atoms with Crippen LogP contribution in [0.25, 0.3) is 10.2 Å². The lowest BCUT2D eigenvalue weighted by atomic mass is 10.1. The van der Waals surface area contributed by atoms with Gasteiger partial charge in [0.1, 0.15) is 5.01 Å². The van der Waals surface area contributed by atoms with Gasteiger partial charge in [0.05, 0.1) is 16.0 Å². The predicted molar refractivity (Wildman–Crippen MR) is 115 cm³/mol. The Morgan fingerprint density at radius 1 is 1.19 bits per heavy atom. The van der Waals surface area contributed by atoms with Gasteiger partial charge in [-0.05, 0) is 43.4 Å². The second kappa shape index (κ2) is 8.44. The highest BCUT2D eigenvalue weighted by atomic mass is 32.2. The van der Waals surface area contributed by atoms with Gasteiger partial charge >= 0.3 is 0 Å². The van der Waals surface area contributed by atoms with Crippen LogP contribution in [-0.4, -0.2) is 27.6 Å². The lowest BCUT2D eigenvalue weighted by molar-refractivity contribution is -0.131. The van der Waals surface area contributed by atoms with Crippen LogP contribution in [0.3, 0.4) is 0 Å². The maximum absolute atomic E-state index is 13.0. The first-order valence-electron chi connectivity index (χ1n) is 9.46. The molecule has 1 aliphatic rings. The molecule has 1 unspecified atom stereocenters. The number of aromatic nitrogens is 1. The third-order valence-electron chi connectivity index (χ3n) is 5.10. The molecule has 0 bridgehead atoms. The Kier molecular flexibility index (Phi) is 5.79. The average Bonchev–Trinajstić information content (AvgIpc) is 3.46. The fourth-order valence-electron chi connectivity index (χ4n) is 3.36. The van der Waals surface area contributed by atoms with Crippen molar-refractivity contribution in [1.82, 2.24) is 9.88 Å². The molecule has 3 nitrogen and oxygen atoms in total. The molecule has 27 heavy (non-hydrogen) atoms. The summed E-state index contributed by atoms with van der Waals surface area (Å²) in [5.41, 5.74) is 2.26. The number of fused-ring (bicyclic) bond motifs is 1. The van der Waals surface area contributed by atoms with Crippen LogP contribution < -0.4 is 0 Å². The van der Waals surface area contributed by atoms with Crippen molar-refractivity contribution in [3.63, 3.8) is 0 Å². The Bertz CT molecular complexity index is 872. The molecule has 0 aliphatic heterocycles. The molecule has 1 saturated carbocycles. The highest BCUT2D eigenvalue weighted by Crippen LogP contribution is 2.36. The van der Waals surface area contributed by atoms with Crippen molar-refractivity contribution in [2.45, 2.75) is 38.1 Å². The number of nitrogens with zero attached hydrogens (tertiary/aromatic N) is 2. The molecule has 4 rings (SSSR count). The van der Waals surface area contributed by atoms with E-state index < -0.39 is 0 Å². The number of hydrogen-bond donors (Lipinski definition) is 0. The highest BCUT2D eigenvalue weighted by molar-refractivity contribution is 7.99. The van der Waals surface area contributed by atoms with Crippen molar-refractivity contribution in [2.24, 2.45) is 5.92 Å². The largest absolute Gasteiger partial charge is 0.335 e. The van der Waals surface area contributed by atoms with Crippen LogP contribution in [0.1, 0.15) is 30.3 Å². The molecule has 140 valence electrons. The van der Waals surface area contributed by atoms with E-state index in [1.165, 1.54) is 23.1 Å². The van der Waals surface area contributed by atoms with Gasteiger partial charge in [-0.3, -0.25) is 4.79 Å². The summed E-state index contributed by atoms with van der Waals surface area (Å²) in [4.78, 5) is 19.7. The predicted octanol–water partition coefficient (Wildman–Crippen LogP) is 5.36. The summed E-state index contributed by atoms with van der Waals surface area (Å²) in [5, 5.41) is 1.10. The minimum Gasteiger partial charge on any atom is -0.335 e. The number of rotatable bonds is 8. The Morgan fingerprint density at radius 3 is 2.67 bits per heavy atom. The molecule has 0 radical (unpaired) electrons. The Hall–Kier alpha value is -1.85. The fraction of sp³-hybridized carbons (Fsp3) is 0.364. The molecule has 1 atom stereocenters. The topological polar surface area (TPSA) is 33.2 Å². The summed E-state index contributed by atoms with van der Waals surface area (Å²) in [7, 11) is 0.